The maximum atomic E-state index is 13.3. The van der Waals surface area contributed by atoms with Crippen LogP contribution in [-0.2, 0) is 9.53 Å². The van der Waals surface area contributed by atoms with Crippen LogP contribution < -0.4 is 10.2 Å². The molecule has 2 aliphatic rings. The second-order valence-corrected chi connectivity index (χ2v) is 6.87. The van der Waals surface area contributed by atoms with Crippen molar-refractivity contribution in [2.75, 3.05) is 25.1 Å². The second-order valence-electron chi connectivity index (χ2n) is 6.87. The Bertz CT molecular complexity index is 998. The predicted octanol–water partition coefficient (Wildman–Crippen LogP) is 2.86. The number of likely N-dealkylation sites (N-methyl/N-ethyl adjacent to an activating group) is 1. The molecule has 29 heavy (non-hydrogen) atoms. The molecule has 148 valence electrons. The Morgan fingerprint density at radius 1 is 1.10 bits per heavy atom. The molecule has 0 saturated heterocycles. The van der Waals surface area contributed by atoms with E-state index in [2.05, 4.69) is 5.32 Å². The first-order valence-electron chi connectivity index (χ1n) is 9.42. The van der Waals surface area contributed by atoms with Crippen LogP contribution in [0.25, 0.3) is 0 Å². The molecule has 0 saturated carbocycles. The first-order chi connectivity index (χ1) is 14.0. The van der Waals surface area contributed by atoms with Crippen LogP contribution >= 0.6 is 0 Å². The van der Waals surface area contributed by atoms with Gasteiger partial charge in [0.1, 0.15) is 0 Å². The van der Waals surface area contributed by atoms with Crippen molar-refractivity contribution in [3.8, 4) is 0 Å². The van der Waals surface area contributed by atoms with Crippen molar-refractivity contribution in [3.63, 3.8) is 0 Å². The third-order valence-corrected chi connectivity index (χ3v) is 5.18. The molecule has 2 aromatic carbocycles. The summed E-state index contributed by atoms with van der Waals surface area (Å²) in [6, 6.07) is 15.4. The highest BCUT2D eigenvalue weighted by molar-refractivity contribution is 6.11. The SMILES string of the molecule is CCOC(=O)c1ccc(N2CC3=C(C2=O)[C@H](c2ccccc2)NC(=O)N3C)cc1. The van der Waals surface area contributed by atoms with Gasteiger partial charge in [-0.05, 0) is 36.8 Å². The fraction of sp³-hybridized carbons (Fsp3) is 0.227. The van der Waals surface area contributed by atoms with Crippen molar-refractivity contribution >= 4 is 23.6 Å². The van der Waals surface area contributed by atoms with Crippen molar-refractivity contribution in [3.05, 3.63) is 77.0 Å². The number of anilines is 1. The molecule has 0 fully saturated rings. The molecule has 3 amide bonds. The molecule has 2 heterocycles. The standard InChI is InChI=1S/C22H21N3O4/c1-3-29-21(27)15-9-11-16(12-10-15)25-13-17-18(20(25)26)19(23-22(28)24(17)2)14-7-5-4-6-8-14/h4-12,19H,3,13H2,1-2H3,(H,23,28)/t19-/m0/s1. The highest BCUT2D eigenvalue weighted by atomic mass is 16.5. The first kappa shape index (κ1) is 18.7. The summed E-state index contributed by atoms with van der Waals surface area (Å²) in [6.45, 7) is 2.34. The topological polar surface area (TPSA) is 79.0 Å². The van der Waals surface area contributed by atoms with Crippen molar-refractivity contribution in [1.82, 2.24) is 10.2 Å². The van der Waals surface area contributed by atoms with Crippen LogP contribution in [0, 0.1) is 0 Å². The van der Waals surface area contributed by atoms with Gasteiger partial charge in [0.2, 0.25) is 0 Å². The molecular formula is C22H21N3O4. The van der Waals surface area contributed by atoms with E-state index in [-0.39, 0.29) is 11.9 Å². The van der Waals surface area contributed by atoms with E-state index in [4.69, 9.17) is 4.74 Å². The van der Waals surface area contributed by atoms with Gasteiger partial charge >= 0.3 is 12.0 Å². The third-order valence-electron chi connectivity index (χ3n) is 5.18. The van der Waals surface area contributed by atoms with E-state index in [0.29, 0.717) is 35.7 Å². The molecule has 0 spiro atoms. The minimum Gasteiger partial charge on any atom is -0.462 e. The summed E-state index contributed by atoms with van der Waals surface area (Å²) < 4.78 is 5.00. The summed E-state index contributed by atoms with van der Waals surface area (Å²) in [6.07, 6.45) is 0. The number of benzene rings is 2. The fourth-order valence-corrected chi connectivity index (χ4v) is 3.66. The van der Waals surface area contributed by atoms with Crippen molar-refractivity contribution in [2.24, 2.45) is 0 Å². The van der Waals surface area contributed by atoms with Gasteiger partial charge in [-0.1, -0.05) is 30.3 Å². The average molecular weight is 391 g/mol. The van der Waals surface area contributed by atoms with E-state index in [1.165, 1.54) is 4.90 Å². The van der Waals surface area contributed by atoms with Crippen LogP contribution in [0.4, 0.5) is 10.5 Å². The summed E-state index contributed by atoms with van der Waals surface area (Å²) >= 11 is 0. The summed E-state index contributed by atoms with van der Waals surface area (Å²) in [5, 5.41) is 2.91. The number of rotatable bonds is 4. The molecule has 0 radical (unpaired) electrons. The Morgan fingerprint density at radius 3 is 2.45 bits per heavy atom. The van der Waals surface area contributed by atoms with E-state index in [1.54, 1.807) is 43.1 Å². The lowest BCUT2D eigenvalue weighted by atomic mass is 9.96. The highest BCUT2D eigenvalue weighted by Crippen LogP contribution is 2.37. The Labute approximate surface area is 168 Å². The lowest BCUT2D eigenvalue weighted by molar-refractivity contribution is -0.114. The van der Waals surface area contributed by atoms with Crippen LogP contribution in [0.1, 0.15) is 28.9 Å². The van der Waals surface area contributed by atoms with Gasteiger partial charge in [-0.25, -0.2) is 9.59 Å². The molecule has 0 aromatic heterocycles. The van der Waals surface area contributed by atoms with Gasteiger partial charge in [0.25, 0.3) is 5.91 Å². The summed E-state index contributed by atoms with van der Waals surface area (Å²) in [7, 11) is 1.66. The third kappa shape index (κ3) is 3.24. The number of hydrogen-bond acceptors (Lipinski definition) is 4. The number of carbonyl (C=O) groups is 3. The van der Waals surface area contributed by atoms with Gasteiger partial charge in [-0.3, -0.25) is 9.69 Å². The van der Waals surface area contributed by atoms with Crippen LogP contribution in [-0.4, -0.2) is 43.0 Å². The lowest BCUT2D eigenvalue weighted by Crippen LogP contribution is -2.45. The zero-order chi connectivity index (χ0) is 20.5. The number of nitrogens with one attached hydrogen (secondary N) is 1. The maximum absolute atomic E-state index is 13.3. The number of amides is 3. The molecule has 2 aromatic rings. The molecule has 7 nitrogen and oxygen atoms in total. The fourth-order valence-electron chi connectivity index (χ4n) is 3.66. The van der Waals surface area contributed by atoms with E-state index in [0.717, 1.165) is 5.56 Å². The summed E-state index contributed by atoms with van der Waals surface area (Å²) in [5.74, 6) is -0.563. The molecule has 0 bridgehead atoms. The summed E-state index contributed by atoms with van der Waals surface area (Å²) in [5.41, 5.74) is 3.19. The Balaban J connectivity index is 1.65. The van der Waals surface area contributed by atoms with Gasteiger partial charge in [0, 0.05) is 12.7 Å². The van der Waals surface area contributed by atoms with Gasteiger partial charge in [0.05, 0.1) is 36.0 Å². The van der Waals surface area contributed by atoms with E-state index in [1.807, 2.05) is 30.3 Å². The van der Waals surface area contributed by atoms with E-state index in [9.17, 15) is 14.4 Å². The molecule has 1 atom stereocenters. The maximum Gasteiger partial charge on any atom is 0.338 e. The smallest absolute Gasteiger partial charge is 0.338 e. The van der Waals surface area contributed by atoms with Crippen molar-refractivity contribution in [1.29, 1.82) is 0 Å². The Morgan fingerprint density at radius 2 is 1.79 bits per heavy atom. The first-order valence-corrected chi connectivity index (χ1v) is 9.42. The number of carbonyl (C=O) groups excluding carboxylic acids is 3. The quantitative estimate of drug-likeness (QED) is 0.813. The largest absolute Gasteiger partial charge is 0.462 e. The Hall–Kier alpha value is -3.61. The number of nitrogens with zero attached hydrogens (tertiary/aromatic N) is 2. The minimum absolute atomic E-state index is 0.162. The van der Waals surface area contributed by atoms with Crippen LogP contribution in [0.15, 0.2) is 65.9 Å². The highest BCUT2D eigenvalue weighted by Gasteiger charge is 2.43. The normalized spacial score (nSPS) is 18.6. The monoisotopic (exact) mass is 391 g/mol. The van der Waals surface area contributed by atoms with Crippen LogP contribution in [0.2, 0.25) is 0 Å². The molecular weight excluding hydrogens is 370 g/mol. The summed E-state index contributed by atoms with van der Waals surface area (Å²) in [4.78, 5) is 40.7. The van der Waals surface area contributed by atoms with Gasteiger partial charge in [-0.2, -0.15) is 0 Å². The molecule has 0 aliphatic carbocycles. The van der Waals surface area contributed by atoms with Gasteiger partial charge < -0.3 is 15.0 Å². The second kappa shape index (κ2) is 7.43. The van der Waals surface area contributed by atoms with Crippen LogP contribution in [0.5, 0.6) is 0 Å². The van der Waals surface area contributed by atoms with E-state index < -0.39 is 12.0 Å². The molecule has 4 rings (SSSR count). The average Bonchev–Trinajstić information content (AvgIpc) is 3.09. The number of hydrogen-bond donors (Lipinski definition) is 1. The lowest BCUT2D eigenvalue weighted by Gasteiger charge is -2.31. The number of esters is 1. The Kier molecular flexibility index (Phi) is 4.80. The zero-order valence-corrected chi connectivity index (χ0v) is 16.2. The van der Waals surface area contributed by atoms with Gasteiger partial charge in [0.15, 0.2) is 0 Å². The number of ether oxygens (including phenoxy) is 1. The van der Waals surface area contributed by atoms with Crippen LogP contribution in [0.3, 0.4) is 0 Å². The molecule has 7 heteroatoms. The van der Waals surface area contributed by atoms with Crippen molar-refractivity contribution < 1.29 is 19.1 Å². The van der Waals surface area contributed by atoms with E-state index >= 15 is 0 Å². The zero-order valence-electron chi connectivity index (χ0n) is 16.2. The predicted molar refractivity (Wildman–Crippen MR) is 107 cm³/mol. The minimum atomic E-state index is -0.494. The molecule has 0 unspecified atom stereocenters. The molecule has 2 aliphatic heterocycles. The molecule has 1 N–H and O–H groups in total. The number of urea groups is 1. The van der Waals surface area contributed by atoms with Gasteiger partial charge in [-0.15, -0.1) is 0 Å². The van der Waals surface area contributed by atoms with Crippen molar-refractivity contribution in [2.45, 2.75) is 13.0 Å².